The van der Waals surface area contributed by atoms with Crippen LogP contribution in [0, 0.1) is 6.92 Å². The summed E-state index contributed by atoms with van der Waals surface area (Å²) in [4.78, 5) is 20.5. The summed E-state index contributed by atoms with van der Waals surface area (Å²) < 4.78 is 38.6. The number of hydrogen-bond donors (Lipinski definition) is 5. The number of nitrogen functional groups attached to an aromatic ring is 1. The van der Waals surface area contributed by atoms with E-state index in [2.05, 4.69) is 24.5 Å². The number of hydrogen-bond acceptors (Lipinski definition) is 9. The number of fused-ring (bicyclic) bond motifs is 1. The normalized spacial score (nSPS) is 12.0. The molecule has 4 rings (SSSR count). The lowest BCUT2D eigenvalue weighted by Crippen LogP contribution is -2.38. The van der Waals surface area contributed by atoms with Crippen LogP contribution in [0.25, 0.3) is 16.6 Å². The van der Waals surface area contributed by atoms with Crippen molar-refractivity contribution in [2.24, 2.45) is 0 Å². The largest absolute Gasteiger partial charge is 0.490 e. The van der Waals surface area contributed by atoms with Crippen molar-refractivity contribution in [1.82, 2.24) is 19.5 Å². The van der Waals surface area contributed by atoms with Gasteiger partial charge in [0.1, 0.15) is 24.8 Å². The summed E-state index contributed by atoms with van der Waals surface area (Å²) >= 11 is 1.06. The van der Waals surface area contributed by atoms with E-state index >= 15 is 0 Å². The van der Waals surface area contributed by atoms with Crippen molar-refractivity contribution >= 4 is 40.3 Å². The Bertz CT molecular complexity index is 1620. The van der Waals surface area contributed by atoms with Gasteiger partial charge in [0.05, 0.1) is 35.4 Å². The Kier molecular flexibility index (Phi) is 9.88. The number of alkyl halides is 1. The minimum Gasteiger partial charge on any atom is -0.490 e. The van der Waals surface area contributed by atoms with Gasteiger partial charge in [-0.1, -0.05) is 18.2 Å². The Hall–Kier alpha value is -4.33. The molecule has 0 aliphatic rings. The Morgan fingerprint density at radius 1 is 1.24 bits per heavy atom. The zero-order chi connectivity index (χ0) is 30.3. The zero-order valence-electron chi connectivity index (χ0n) is 23.3. The van der Waals surface area contributed by atoms with Gasteiger partial charge < -0.3 is 25.3 Å². The van der Waals surface area contributed by atoms with E-state index in [9.17, 15) is 18.8 Å². The number of nitrogens with zero attached hydrogens (tertiary/aromatic N) is 2. The number of ether oxygens (including phenoxy) is 1. The van der Waals surface area contributed by atoms with Gasteiger partial charge in [0.2, 0.25) is 5.78 Å². The first-order valence-electron chi connectivity index (χ1n) is 12.9. The molecule has 0 saturated carbocycles. The van der Waals surface area contributed by atoms with Gasteiger partial charge >= 0.3 is 0 Å². The SMILES string of the molecule is Cc1cc(OC/C=C\C=C/CF)ccc1-n1ncc(C(=O)c2cc3cc(OF)c(NSNC(C)(C)CO)cc3[nH]2)c1N. The van der Waals surface area contributed by atoms with Crippen molar-refractivity contribution in [1.29, 1.82) is 0 Å². The molecule has 0 radical (unpaired) electrons. The van der Waals surface area contributed by atoms with E-state index in [1.807, 2.05) is 13.0 Å². The van der Waals surface area contributed by atoms with Gasteiger partial charge in [-0.05, 0) is 68.8 Å². The molecule has 0 bridgehead atoms. The van der Waals surface area contributed by atoms with Crippen LogP contribution in [0.15, 0.2) is 66.9 Å². The Balaban J connectivity index is 1.51. The monoisotopic (exact) mass is 598 g/mol. The highest BCUT2D eigenvalue weighted by atomic mass is 32.2. The number of aliphatic hydroxyl groups excluding tert-OH is 1. The van der Waals surface area contributed by atoms with Gasteiger partial charge in [0.25, 0.3) is 0 Å². The second kappa shape index (κ2) is 13.6. The minimum absolute atomic E-state index is 0.0727. The van der Waals surface area contributed by atoms with E-state index in [1.54, 1.807) is 56.3 Å². The molecule has 0 amide bonds. The quantitative estimate of drug-likeness (QED) is 0.0720. The van der Waals surface area contributed by atoms with Crippen LogP contribution in [-0.2, 0) is 0 Å². The highest BCUT2D eigenvalue weighted by molar-refractivity contribution is 7.98. The van der Waals surface area contributed by atoms with Gasteiger partial charge in [-0.25, -0.2) is 13.8 Å². The smallest absolute Gasteiger partial charge is 0.214 e. The summed E-state index contributed by atoms with van der Waals surface area (Å²) in [5.74, 6) is 0.324. The lowest BCUT2D eigenvalue weighted by atomic mass is 10.1. The number of aryl methyl sites for hydroxylation is 1. The molecule has 0 fully saturated rings. The number of aliphatic hydroxyl groups is 1. The molecule has 0 aliphatic carbocycles. The molecule has 2 aromatic heterocycles. The van der Waals surface area contributed by atoms with Crippen LogP contribution in [0.2, 0.25) is 0 Å². The second-order valence-electron chi connectivity index (χ2n) is 10.00. The lowest BCUT2D eigenvalue weighted by molar-refractivity contribution is -0.00504. The average Bonchev–Trinajstić information content (AvgIpc) is 3.57. The summed E-state index contributed by atoms with van der Waals surface area (Å²) in [6, 6.07) is 10.0. The molecular weight excluding hydrogens is 566 g/mol. The third-order valence-electron chi connectivity index (χ3n) is 6.20. The molecule has 2 heterocycles. The first kappa shape index (κ1) is 30.6. The third-order valence-corrected chi connectivity index (χ3v) is 7.17. The highest BCUT2D eigenvalue weighted by Crippen LogP contribution is 2.33. The van der Waals surface area contributed by atoms with Crippen LogP contribution in [0.5, 0.6) is 11.5 Å². The summed E-state index contributed by atoms with van der Waals surface area (Å²) in [6.45, 7) is 5.17. The number of aromatic nitrogens is 3. The van der Waals surface area contributed by atoms with E-state index in [0.717, 1.165) is 17.7 Å². The summed E-state index contributed by atoms with van der Waals surface area (Å²) in [6.07, 6.45) is 7.88. The fraction of sp³-hybridized carbons (Fsp3) is 0.241. The number of benzene rings is 2. The third kappa shape index (κ3) is 7.11. The average molecular weight is 599 g/mol. The number of H-pyrrole nitrogens is 1. The number of allylic oxidation sites excluding steroid dienone is 3. The van der Waals surface area contributed by atoms with E-state index in [4.69, 9.17) is 10.5 Å². The Labute approximate surface area is 245 Å². The van der Waals surface area contributed by atoms with Crippen LogP contribution < -0.4 is 24.9 Å². The number of carbonyl (C=O) groups is 1. The van der Waals surface area contributed by atoms with Gasteiger partial charge in [0, 0.05) is 33.1 Å². The van der Waals surface area contributed by atoms with Crippen LogP contribution in [0.3, 0.4) is 0 Å². The maximum atomic E-state index is 13.4. The first-order valence-corrected chi connectivity index (χ1v) is 13.7. The minimum atomic E-state index is -0.573. The van der Waals surface area contributed by atoms with E-state index in [-0.39, 0.29) is 35.2 Å². The van der Waals surface area contributed by atoms with Crippen molar-refractivity contribution < 1.29 is 28.5 Å². The van der Waals surface area contributed by atoms with Crippen LogP contribution in [0.4, 0.5) is 20.4 Å². The van der Waals surface area contributed by atoms with Crippen LogP contribution in [-0.4, -0.2) is 51.1 Å². The molecule has 6 N–H and O–H groups in total. The molecule has 0 spiro atoms. The van der Waals surface area contributed by atoms with Crippen molar-refractivity contribution in [3.05, 3.63) is 83.7 Å². The fourth-order valence-electron chi connectivity index (χ4n) is 3.91. The van der Waals surface area contributed by atoms with E-state index < -0.39 is 12.2 Å². The molecule has 222 valence electrons. The van der Waals surface area contributed by atoms with Gasteiger partial charge in [-0.15, -0.1) is 0 Å². The summed E-state index contributed by atoms with van der Waals surface area (Å²) in [5, 5.41) is 14.3. The zero-order valence-corrected chi connectivity index (χ0v) is 24.1. The first-order chi connectivity index (χ1) is 20.2. The van der Waals surface area contributed by atoms with Crippen molar-refractivity contribution in [2.45, 2.75) is 26.3 Å². The molecular formula is C29H32F2N6O4S. The van der Waals surface area contributed by atoms with Crippen molar-refractivity contribution in [3.63, 3.8) is 0 Å². The Morgan fingerprint density at radius 3 is 2.74 bits per heavy atom. The fourth-order valence-corrected chi connectivity index (χ4v) is 4.57. The van der Waals surface area contributed by atoms with Gasteiger partial charge in [-0.3, -0.25) is 9.74 Å². The van der Waals surface area contributed by atoms with Crippen LogP contribution in [0.1, 0.15) is 35.5 Å². The number of carbonyl (C=O) groups excluding carboxylic acids is 1. The van der Waals surface area contributed by atoms with Crippen molar-refractivity contribution in [3.8, 4) is 17.2 Å². The van der Waals surface area contributed by atoms with E-state index in [1.165, 1.54) is 23.0 Å². The molecule has 42 heavy (non-hydrogen) atoms. The number of halogens is 2. The van der Waals surface area contributed by atoms with Crippen molar-refractivity contribution in [2.75, 3.05) is 30.3 Å². The molecule has 0 atom stereocenters. The number of nitrogens with two attached hydrogens (primary N) is 1. The summed E-state index contributed by atoms with van der Waals surface area (Å²) in [7, 11) is 0. The second-order valence-corrected chi connectivity index (χ2v) is 10.6. The number of aromatic amines is 1. The summed E-state index contributed by atoms with van der Waals surface area (Å²) in [5.41, 5.74) is 8.60. The predicted molar refractivity (Wildman–Crippen MR) is 161 cm³/mol. The number of anilines is 2. The molecule has 0 aliphatic heterocycles. The topological polar surface area (TPSA) is 139 Å². The number of ketones is 1. The Morgan fingerprint density at radius 2 is 2.02 bits per heavy atom. The molecule has 13 heteroatoms. The number of nitrogens with one attached hydrogen (secondary N) is 3. The maximum Gasteiger partial charge on any atom is 0.214 e. The lowest BCUT2D eigenvalue weighted by Gasteiger charge is -2.22. The molecule has 4 aromatic rings. The van der Waals surface area contributed by atoms with Gasteiger partial charge in [-0.2, -0.15) is 5.10 Å². The standard InChI is InChI=1S/C29H32F2N6O4S/c1-18-12-20(40-11-7-5-4-6-10-30)8-9-25(18)37-28(32)21(16-33-37)27(39)24-13-19-14-26(41-31)23(15-22(19)34-24)35-42-36-29(2,3)17-38/h4-9,12-16,34-36,38H,10-11,17,32H2,1-3H3/b6-4-,7-5-. The van der Waals surface area contributed by atoms with E-state index in [0.29, 0.717) is 34.6 Å². The molecule has 10 nitrogen and oxygen atoms in total. The molecule has 0 unspecified atom stereocenters. The van der Waals surface area contributed by atoms with Crippen LogP contribution >= 0.6 is 12.1 Å². The highest BCUT2D eigenvalue weighted by Gasteiger charge is 2.22. The van der Waals surface area contributed by atoms with Gasteiger partial charge in [0.15, 0.2) is 5.75 Å². The predicted octanol–water partition coefficient (Wildman–Crippen LogP) is 5.53. The molecule has 2 aromatic carbocycles. The maximum absolute atomic E-state index is 13.4. The number of rotatable bonds is 14. The molecule has 0 saturated heterocycles.